The normalized spacial score (nSPS) is 18.2. The summed E-state index contributed by atoms with van der Waals surface area (Å²) >= 11 is 3.41. The van der Waals surface area contributed by atoms with Crippen molar-refractivity contribution < 1.29 is 14.3 Å². The van der Waals surface area contributed by atoms with Gasteiger partial charge in [0.25, 0.3) is 5.91 Å². The number of fused-ring (bicyclic) bond motifs is 1. The molecule has 0 radical (unpaired) electrons. The summed E-state index contributed by atoms with van der Waals surface area (Å²) in [6, 6.07) is 5.68. The number of amides is 1. The van der Waals surface area contributed by atoms with Crippen LogP contribution < -0.4 is 9.64 Å². The summed E-state index contributed by atoms with van der Waals surface area (Å²) in [7, 11) is 0. The average Bonchev–Trinajstić information content (AvgIpc) is 2.34. The second kappa shape index (κ2) is 5.92. The van der Waals surface area contributed by atoms with E-state index < -0.39 is 0 Å². The van der Waals surface area contributed by atoms with Crippen molar-refractivity contribution >= 4 is 27.5 Å². The third-order valence-corrected chi connectivity index (χ3v) is 3.31. The Bertz CT molecular complexity index is 476. The van der Waals surface area contributed by atoms with Gasteiger partial charge in [-0.25, -0.2) is 0 Å². The fourth-order valence-corrected chi connectivity index (χ4v) is 2.31. The van der Waals surface area contributed by atoms with Crippen LogP contribution in [0.1, 0.15) is 20.8 Å². The Hall–Kier alpha value is -1.07. The number of hydrogen-bond acceptors (Lipinski definition) is 3. The maximum absolute atomic E-state index is 12.2. The zero-order chi connectivity index (χ0) is 14.0. The molecule has 0 bridgehead atoms. The van der Waals surface area contributed by atoms with Gasteiger partial charge in [0.05, 0.1) is 18.3 Å². The highest BCUT2D eigenvalue weighted by Gasteiger charge is 2.27. The third kappa shape index (κ3) is 3.48. The fourth-order valence-electron chi connectivity index (χ4n) is 1.97. The second-order valence-electron chi connectivity index (χ2n) is 4.90. The summed E-state index contributed by atoms with van der Waals surface area (Å²) in [4.78, 5) is 14.0. The maximum Gasteiger partial charge on any atom is 0.253 e. The van der Waals surface area contributed by atoms with E-state index in [4.69, 9.17) is 9.47 Å². The number of halogens is 1. The van der Waals surface area contributed by atoms with Gasteiger partial charge in [0.2, 0.25) is 0 Å². The Kier molecular flexibility index (Phi) is 4.47. The lowest BCUT2D eigenvalue weighted by molar-refractivity contribution is -0.124. The predicted molar refractivity (Wildman–Crippen MR) is 77.7 cm³/mol. The van der Waals surface area contributed by atoms with E-state index in [1.54, 1.807) is 4.90 Å². The molecule has 4 nitrogen and oxygen atoms in total. The number of anilines is 1. The molecule has 19 heavy (non-hydrogen) atoms. The Morgan fingerprint density at radius 2 is 2.32 bits per heavy atom. The van der Waals surface area contributed by atoms with Crippen molar-refractivity contribution in [3.8, 4) is 5.75 Å². The van der Waals surface area contributed by atoms with E-state index in [1.165, 1.54) is 0 Å². The number of ether oxygens (including phenoxy) is 2. The van der Waals surface area contributed by atoms with Gasteiger partial charge in [0.15, 0.2) is 0 Å². The van der Waals surface area contributed by atoms with E-state index in [0.717, 1.165) is 15.9 Å². The molecule has 1 amide bonds. The molecule has 1 aliphatic rings. The molecule has 0 N–H and O–H groups in total. The number of hydrogen-bond donors (Lipinski definition) is 0. The van der Waals surface area contributed by atoms with Crippen molar-refractivity contribution in [2.45, 2.75) is 33.0 Å². The first-order valence-corrected chi connectivity index (χ1v) is 7.15. The molecule has 5 heteroatoms. The van der Waals surface area contributed by atoms with E-state index in [9.17, 15) is 4.79 Å². The van der Waals surface area contributed by atoms with Gasteiger partial charge in [-0.05, 0) is 39.0 Å². The summed E-state index contributed by atoms with van der Waals surface area (Å²) in [6.45, 7) is 6.43. The average molecular weight is 328 g/mol. The SMILES string of the molecule is CC(C)OCC(=O)N1CC(C)Oc2cc(Br)ccc21. The first-order valence-electron chi connectivity index (χ1n) is 6.35. The first kappa shape index (κ1) is 14.3. The highest BCUT2D eigenvalue weighted by atomic mass is 79.9. The lowest BCUT2D eigenvalue weighted by Crippen LogP contribution is -2.44. The lowest BCUT2D eigenvalue weighted by atomic mass is 10.2. The van der Waals surface area contributed by atoms with Crippen LogP contribution in [0.25, 0.3) is 0 Å². The van der Waals surface area contributed by atoms with E-state index in [2.05, 4.69) is 15.9 Å². The molecule has 2 rings (SSSR count). The molecule has 1 aromatic rings. The van der Waals surface area contributed by atoms with Crippen LogP contribution in [0.5, 0.6) is 5.75 Å². The number of rotatable bonds is 3. The molecule has 0 aromatic heterocycles. The van der Waals surface area contributed by atoms with Gasteiger partial charge in [-0.2, -0.15) is 0 Å². The molecule has 0 saturated carbocycles. The van der Waals surface area contributed by atoms with Gasteiger partial charge in [0, 0.05) is 4.47 Å². The van der Waals surface area contributed by atoms with Crippen molar-refractivity contribution in [2.75, 3.05) is 18.1 Å². The topological polar surface area (TPSA) is 38.8 Å². The van der Waals surface area contributed by atoms with Crippen LogP contribution >= 0.6 is 15.9 Å². The molecule has 0 aliphatic carbocycles. The van der Waals surface area contributed by atoms with E-state index >= 15 is 0 Å². The predicted octanol–water partition coefficient (Wildman–Crippen LogP) is 2.99. The van der Waals surface area contributed by atoms with Crippen LogP contribution in [-0.2, 0) is 9.53 Å². The summed E-state index contributed by atoms with van der Waals surface area (Å²) in [5.74, 6) is 0.693. The molecular weight excluding hydrogens is 310 g/mol. The maximum atomic E-state index is 12.2. The van der Waals surface area contributed by atoms with Crippen LogP contribution in [0, 0.1) is 0 Å². The number of carbonyl (C=O) groups is 1. The number of carbonyl (C=O) groups excluding carboxylic acids is 1. The van der Waals surface area contributed by atoms with E-state index in [0.29, 0.717) is 6.54 Å². The molecule has 0 spiro atoms. The largest absolute Gasteiger partial charge is 0.487 e. The number of benzene rings is 1. The molecule has 0 fully saturated rings. The van der Waals surface area contributed by atoms with Crippen LogP contribution in [-0.4, -0.2) is 31.3 Å². The van der Waals surface area contributed by atoms with Gasteiger partial charge in [-0.15, -0.1) is 0 Å². The third-order valence-electron chi connectivity index (χ3n) is 2.82. The Balaban J connectivity index is 2.20. The number of nitrogens with zero attached hydrogens (tertiary/aromatic N) is 1. The lowest BCUT2D eigenvalue weighted by Gasteiger charge is -2.33. The zero-order valence-electron chi connectivity index (χ0n) is 11.4. The van der Waals surface area contributed by atoms with Crippen LogP contribution in [0.3, 0.4) is 0 Å². The molecule has 1 atom stereocenters. The minimum atomic E-state index is -0.0348. The molecule has 1 unspecified atom stereocenters. The Morgan fingerprint density at radius 3 is 3.00 bits per heavy atom. The Labute approximate surface area is 121 Å². The van der Waals surface area contributed by atoms with Crippen molar-refractivity contribution in [3.05, 3.63) is 22.7 Å². The zero-order valence-corrected chi connectivity index (χ0v) is 12.9. The smallest absolute Gasteiger partial charge is 0.253 e. The van der Waals surface area contributed by atoms with E-state index in [1.807, 2.05) is 39.0 Å². The first-order chi connectivity index (χ1) is 8.97. The molecular formula is C14H18BrNO3. The quantitative estimate of drug-likeness (QED) is 0.856. The van der Waals surface area contributed by atoms with Crippen molar-refractivity contribution in [1.29, 1.82) is 0 Å². The summed E-state index contributed by atoms with van der Waals surface area (Å²) in [6.07, 6.45) is 0.0246. The van der Waals surface area contributed by atoms with Crippen molar-refractivity contribution in [3.63, 3.8) is 0 Å². The highest BCUT2D eigenvalue weighted by molar-refractivity contribution is 9.10. The fraction of sp³-hybridized carbons (Fsp3) is 0.500. The molecule has 1 heterocycles. The highest BCUT2D eigenvalue weighted by Crippen LogP contribution is 2.35. The summed E-state index contributed by atoms with van der Waals surface area (Å²) in [5, 5.41) is 0. The van der Waals surface area contributed by atoms with Gasteiger partial charge >= 0.3 is 0 Å². The molecule has 0 saturated heterocycles. The molecule has 1 aromatic carbocycles. The van der Waals surface area contributed by atoms with Gasteiger partial charge in [-0.3, -0.25) is 4.79 Å². The monoisotopic (exact) mass is 327 g/mol. The molecule has 104 valence electrons. The van der Waals surface area contributed by atoms with Gasteiger partial charge in [-0.1, -0.05) is 15.9 Å². The van der Waals surface area contributed by atoms with Gasteiger partial charge in [0.1, 0.15) is 18.5 Å². The van der Waals surface area contributed by atoms with E-state index in [-0.39, 0.29) is 24.7 Å². The Morgan fingerprint density at radius 1 is 1.58 bits per heavy atom. The van der Waals surface area contributed by atoms with Crippen LogP contribution in [0.2, 0.25) is 0 Å². The molecule has 1 aliphatic heterocycles. The van der Waals surface area contributed by atoms with Crippen molar-refractivity contribution in [1.82, 2.24) is 0 Å². The standard InChI is InChI=1S/C14H18BrNO3/c1-9(2)18-8-14(17)16-7-10(3)19-13-6-11(15)4-5-12(13)16/h4-6,9-10H,7-8H2,1-3H3. The van der Waals surface area contributed by atoms with Crippen LogP contribution in [0.15, 0.2) is 22.7 Å². The summed E-state index contributed by atoms with van der Waals surface area (Å²) in [5.41, 5.74) is 0.804. The van der Waals surface area contributed by atoms with Crippen molar-refractivity contribution in [2.24, 2.45) is 0 Å². The van der Waals surface area contributed by atoms with Gasteiger partial charge < -0.3 is 14.4 Å². The minimum Gasteiger partial charge on any atom is -0.487 e. The minimum absolute atomic E-state index is 0.0233. The van der Waals surface area contributed by atoms with Crippen LogP contribution in [0.4, 0.5) is 5.69 Å². The second-order valence-corrected chi connectivity index (χ2v) is 5.82. The summed E-state index contributed by atoms with van der Waals surface area (Å²) < 4.78 is 12.1.